The van der Waals surface area contributed by atoms with Crippen LogP contribution in [-0.2, 0) is 4.74 Å². The molecule has 1 saturated heterocycles. The Morgan fingerprint density at radius 1 is 1.33 bits per heavy atom. The molecule has 0 amide bonds. The molecular weight excluding hydrogens is 242 g/mol. The highest BCUT2D eigenvalue weighted by molar-refractivity contribution is 5.46. The van der Waals surface area contributed by atoms with Crippen LogP contribution in [0.15, 0.2) is 21.0 Å². The lowest BCUT2D eigenvalue weighted by molar-refractivity contribution is -0.401. The maximum atomic E-state index is 10.5. The lowest BCUT2D eigenvalue weighted by Gasteiger charge is -2.00. The molecule has 2 aromatic heterocycles. The molecule has 94 valence electrons. The molecule has 1 fully saturated rings. The van der Waals surface area contributed by atoms with Gasteiger partial charge in [0.05, 0.1) is 6.07 Å². The summed E-state index contributed by atoms with van der Waals surface area (Å²) in [6.45, 7) is 0.675. The number of hydrogen-bond donors (Lipinski definition) is 0. The molecule has 0 spiro atoms. The van der Waals surface area contributed by atoms with E-state index in [0.717, 1.165) is 12.8 Å². The highest BCUT2D eigenvalue weighted by atomic mass is 16.6. The predicted octanol–water partition coefficient (Wildman–Crippen LogP) is 2.09. The molecule has 1 unspecified atom stereocenters. The van der Waals surface area contributed by atoms with Crippen molar-refractivity contribution in [3.05, 3.63) is 28.1 Å². The van der Waals surface area contributed by atoms with Crippen molar-refractivity contribution in [1.29, 1.82) is 0 Å². The van der Waals surface area contributed by atoms with Crippen LogP contribution < -0.4 is 0 Å². The van der Waals surface area contributed by atoms with Gasteiger partial charge in [0.15, 0.2) is 5.76 Å². The van der Waals surface area contributed by atoms with Crippen molar-refractivity contribution in [3.8, 4) is 11.7 Å². The van der Waals surface area contributed by atoms with E-state index in [1.807, 2.05) is 0 Å². The second-order valence-corrected chi connectivity index (χ2v) is 3.84. The van der Waals surface area contributed by atoms with Gasteiger partial charge in [-0.1, -0.05) is 0 Å². The third-order valence-electron chi connectivity index (χ3n) is 2.63. The monoisotopic (exact) mass is 251 g/mol. The summed E-state index contributed by atoms with van der Waals surface area (Å²) in [5.41, 5.74) is 0. The normalized spacial score (nSPS) is 19.2. The average molecular weight is 251 g/mol. The van der Waals surface area contributed by atoms with Gasteiger partial charge in [0.1, 0.15) is 11.0 Å². The van der Waals surface area contributed by atoms with Crippen LogP contribution in [0.25, 0.3) is 11.7 Å². The van der Waals surface area contributed by atoms with Gasteiger partial charge in [-0.3, -0.25) is 10.1 Å². The number of nitrogens with zero attached hydrogens (tertiary/aromatic N) is 3. The van der Waals surface area contributed by atoms with Crippen molar-refractivity contribution in [2.45, 2.75) is 18.9 Å². The molecule has 1 aliphatic rings. The average Bonchev–Trinajstić information content (AvgIpc) is 3.10. The Hall–Kier alpha value is -2.22. The Labute approximate surface area is 101 Å². The van der Waals surface area contributed by atoms with Crippen LogP contribution in [-0.4, -0.2) is 21.7 Å². The summed E-state index contributed by atoms with van der Waals surface area (Å²) in [7, 11) is 0. The van der Waals surface area contributed by atoms with E-state index >= 15 is 0 Å². The molecule has 0 aromatic carbocycles. The fraction of sp³-hybridized carbons (Fsp3) is 0.400. The highest BCUT2D eigenvalue weighted by Crippen LogP contribution is 2.30. The first-order valence-electron chi connectivity index (χ1n) is 5.43. The molecule has 18 heavy (non-hydrogen) atoms. The largest absolute Gasteiger partial charge is 0.433 e. The molecule has 1 atom stereocenters. The minimum absolute atomic E-state index is 0.119. The third-order valence-corrected chi connectivity index (χ3v) is 2.63. The number of furan rings is 1. The van der Waals surface area contributed by atoms with Crippen LogP contribution in [0.5, 0.6) is 0 Å². The van der Waals surface area contributed by atoms with Crippen molar-refractivity contribution in [3.63, 3.8) is 0 Å². The van der Waals surface area contributed by atoms with E-state index in [1.165, 1.54) is 12.1 Å². The molecule has 8 nitrogen and oxygen atoms in total. The second-order valence-electron chi connectivity index (χ2n) is 3.84. The number of hydrogen-bond acceptors (Lipinski definition) is 7. The zero-order valence-corrected chi connectivity index (χ0v) is 9.24. The molecule has 0 bridgehead atoms. The van der Waals surface area contributed by atoms with Gasteiger partial charge in [-0.2, -0.15) is 0 Å². The fourth-order valence-electron chi connectivity index (χ4n) is 1.78. The van der Waals surface area contributed by atoms with Crippen LogP contribution in [0.2, 0.25) is 0 Å². The standard InChI is InChI=1S/C10H9N3O5/c14-13(15)8-4-3-7(17-8)10-12-11-9(18-10)6-2-1-5-16-6/h3-4,6H,1-2,5H2. The van der Waals surface area contributed by atoms with E-state index in [-0.39, 0.29) is 23.6 Å². The first-order valence-corrected chi connectivity index (χ1v) is 5.43. The minimum Gasteiger partial charge on any atom is -0.415 e. The van der Waals surface area contributed by atoms with E-state index in [1.54, 1.807) is 0 Å². The van der Waals surface area contributed by atoms with Crippen molar-refractivity contribution in [2.24, 2.45) is 0 Å². The highest BCUT2D eigenvalue weighted by Gasteiger charge is 2.25. The Morgan fingerprint density at radius 2 is 2.22 bits per heavy atom. The van der Waals surface area contributed by atoms with Gasteiger partial charge >= 0.3 is 5.88 Å². The van der Waals surface area contributed by atoms with E-state index in [2.05, 4.69) is 10.2 Å². The fourth-order valence-corrected chi connectivity index (χ4v) is 1.78. The van der Waals surface area contributed by atoms with E-state index < -0.39 is 4.92 Å². The molecule has 0 radical (unpaired) electrons. The molecule has 0 saturated carbocycles. The maximum absolute atomic E-state index is 10.5. The van der Waals surface area contributed by atoms with Crippen LogP contribution in [0.1, 0.15) is 24.8 Å². The van der Waals surface area contributed by atoms with E-state index in [9.17, 15) is 10.1 Å². The first kappa shape index (κ1) is 10.9. The summed E-state index contributed by atoms with van der Waals surface area (Å²) in [4.78, 5) is 9.86. The summed E-state index contributed by atoms with van der Waals surface area (Å²) >= 11 is 0. The molecule has 0 aliphatic carbocycles. The lowest BCUT2D eigenvalue weighted by atomic mass is 10.2. The van der Waals surface area contributed by atoms with Gasteiger partial charge in [0, 0.05) is 6.61 Å². The molecular formula is C10H9N3O5. The first-order chi connectivity index (χ1) is 8.74. The smallest absolute Gasteiger partial charge is 0.415 e. The zero-order chi connectivity index (χ0) is 12.5. The number of nitro groups is 1. The minimum atomic E-state index is -0.624. The van der Waals surface area contributed by atoms with Gasteiger partial charge in [0.25, 0.3) is 5.89 Å². The summed E-state index contributed by atoms with van der Waals surface area (Å²) in [5.74, 6) is 0.315. The Kier molecular flexibility index (Phi) is 2.56. The van der Waals surface area contributed by atoms with Gasteiger partial charge < -0.3 is 13.6 Å². The van der Waals surface area contributed by atoms with Crippen molar-refractivity contribution in [1.82, 2.24) is 10.2 Å². The molecule has 3 heterocycles. The van der Waals surface area contributed by atoms with Crippen LogP contribution in [0.3, 0.4) is 0 Å². The lowest BCUT2D eigenvalue weighted by Crippen LogP contribution is -1.95. The van der Waals surface area contributed by atoms with Crippen LogP contribution in [0, 0.1) is 10.1 Å². The van der Waals surface area contributed by atoms with E-state index in [0.29, 0.717) is 12.5 Å². The maximum Gasteiger partial charge on any atom is 0.433 e. The zero-order valence-electron chi connectivity index (χ0n) is 9.24. The van der Waals surface area contributed by atoms with Crippen LogP contribution >= 0.6 is 0 Å². The molecule has 2 aromatic rings. The Balaban J connectivity index is 1.85. The summed E-state index contributed by atoms with van der Waals surface area (Å²) < 4.78 is 15.8. The van der Waals surface area contributed by atoms with Gasteiger partial charge in [-0.05, 0) is 18.9 Å². The van der Waals surface area contributed by atoms with Gasteiger partial charge in [0.2, 0.25) is 5.89 Å². The summed E-state index contributed by atoms with van der Waals surface area (Å²) in [6, 6.07) is 2.66. The SMILES string of the molecule is O=[N+]([O-])c1ccc(-c2nnc(C3CCCO3)o2)o1. The van der Waals surface area contributed by atoms with Crippen molar-refractivity contribution < 1.29 is 18.5 Å². The number of aromatic nitrogens is 2. The topological polar surface area (TPSA) is 104 Å². The van der Waals surface area contributed by atoms with Crippen LogP contribution in [0.4, 0.5) is 5.88 Å². The third kappa shape index (κ3) is 1.86. The number of rotatable bonds is 3. The molecule has 3 rings (SSSR count). The molecule has 0 N–H and O–H groups in total. The van der Waals surface area contributed by atoms with Crippen molar-refractivity contribution >= 4 is 5.88 Å². The van der Waals surface area contributed by atoms with Gasteiger partial charge in [-0.25, -0.2) is 0 Å². The second kappa shape index (κ2) is 4.22. The Bertz CT molecular complexity index is 570. The van der Waals surface area contributed by atoms with Gasteiger partial charge in [-0.15, -0.1) is 10.2 Å². The van der Waals surface area contributed by atoms with Crippen molar-refractivity contribution in [2.75, 3.05) is 6.61 Å². The summed E-state index contributed by atoms with van der Waals surface area (Å²) in [5, 5.41) is 18.1. The quantitative estimate of drug-likeness (QED) is 0.607. The molecule has 8 heteroatoms. The molecule has 1 aliphatic heterocycles. The number of ether oxygens (including phenoxy) is 1. The summed E-state index contributed by atoms with van der Waals surface area (Å²) in [6.07, 6.45) is 1.60. The van der Waals surface area contributed by atoms with E-state index in [4.69, 9.17) is 13.6 Å². The Morgan fingerprint density at radius 3 is 2.89 bits per heavy atom. The predicted molar refractivity (Wildman–Crippen MR) is 56.6 cm³/mol.